The molecule has 3 N–H and O–H groups in total. The van der Waals surface area contributed by atoms with Gasteiger partial charge in [0.05, 0.1) is 0 Å². The number of nitrogens with two attached hydrogens (primary N) is 1. The molecule has 3 aromatic rings. The van der Waals surface area contributed by atoms with Gasteiger partial charge in [-0.05, 0) is 42.7 Å². The van der Waals surface area contributed by atoms with Crippen LogP contribution in [0.4, 0.5) is 5.69 Å². The Morgan fingerprint density at radius 2 is 1.71 bits per heavy atom. The number of carbonyl (C=O) groups is 2. The molecule has 0 fully saturated rings. The summed E-state index contributed by atoms with van der Waals surface area (Å²) in [4.78, 5) is 24.0. The Labute approximate surface area is 142 Å². The molecule has 0 unspecified atom stereocenters. The van der Waals surface area contributed by atoms with Crippen molar-refractivity contribution in [1.82, 2.24) is 9.59 Å². The van der Waals surface area contributed by atoms with Crippen LogP contribution in [0.25, 0.3) is 11.3 Å². The van der Waals surface area contributed by atoms with Gasteiger partial charge in [0.25, 0.3) is 5.91 Å². The van der Waals surface area contributed by atoms with Crippen LogP contribution in [0.2, 0.25) is 0 Å². The molecule has 6 nitrogen and oxygen atoms in total. The van der Waals surface area contributed by atoms with Crippen molar-refractivity contribution in [3.63, 3.8) is 0 Å². The summed E-state index contributed by atoms with van der Waals surface area (Å²) in [5.41, 5.74) is 8.65. The third kappa shape index (κ3) is 3.31. The predicted molar refractivity (Wildman–Crippen MR) is 93.0 cm³/mol. The van der Waals surface area contributed by atoms with Crippen LogP contribution in [0, 0.1) is 6.92 Å². The van der Waals surface area contributed by atoms with Gasteiger partial charge in [0.15, 0.2) is 0 Å². The van der Waals surface area contributed by atoms with E-state index >= 15 is 0 Å². The van der Waals surface area contributed by atoms with Crippen molar-refractivity contribution < 1.29 is 9.59 Å². The van der Waals surface area contributed by atoms with Gasteiger partial charge in [-0.2, -0.15) is 0 Å². The van der Waals surface area contributed by atoms with E-state index in [0.717, 1.165) is 22.7 Å². The number of carbonyl (C=O) groups excluding carboxylic acids is 2. The molecular weight excluding hydrogens is 324 g/mol. The molecule has 2 aromatic carbocycles. The van der Waals surface area contributed by atoms with Crippen molar-refractivity contribution in [3.05, 3.63) is 64.5 Å². The van der Waals surface area contributed by atoms with Crippen molar-refractivity contribution in [1.29, 1.82) is 0 Å². The zero-order valence-corrected chi connectivity index (χ0v) is 13.6. The second-order valence-electron chi connectivity index (χ2n) is 5.21. The summed E-state index contributed by atoms with van der Waals surface area (Å²) in [6.45, 7) is 1.99. The van der Waals surface area contributed by atoms with Crippen molar-refractivity contribution in [3.8, 4) is 11.3 Å². The van der Waals surface area contributed by atoms with E-state index in [0.29, 0.717) is 21.8 Å². The summed E-state index contributed by atoms with van der Waals surface area (Å²) in [6, 6.07) is 14.1. The minimum Gasteiger partial charge on any atom is -0.366 e. The third-order valence-electron chi connectivity index (χ3n) is 3.45. The number of rotatable bonds is 4. The molecule has 0 saturated heterocycles. The number of nitrogens with one attached hydrogen (secondary N) is 1. The highest BCUT2D eigenvalue weighted by molar-refractivity contribution is 7.08. The number of nitrogens with zero attached hydrogens (tertiary/aromatic N) is 2. The molecule has 0 aliphatic carbocycles. The summed E-state index contributed by atoms with van der Waals surface area (Å²) in [5, 5.41) is 6.83. The monoisotopic (exact) mass is 338 g/mol. The number of aromatic nitrogens is 2. The molecule has 0 spiro atoms. The van der Waals surface area contributed by atoms with Crippen LogP contribution in [-0.4, -0.2) is 21.4 Å². The van der Waals surface area contributed by atoms with Gasteiger partial charge >= 0.3 is 0 Å². The van der Waals surface area contributed by atoms with Gasteiger partial charge in [0.1, 0.15) is 10.6 Å². The van der Waals surface area contributed by atoms with Gasteiger partial charge in [-0.15, -0.1) is 5.10 Å². The molecule has 1 heterocycles. The third-order valence-corrected chi connectivity index (χ3v) is 4.17. The van der Waals surface area contributed by atoms with Crippen molar-refractivity contribution in [2.75, 3.05) is 5.32 Å². The van der Waals surface area contributed by atoms with E-state index in [-0.39, 0.29) is 5.91 Å². The Kier molecular flexibility index (Phi) is 4.35. The molecule has 1 aromatic heterocycles. The molecule has 2 amide bonds. The van der Waals surface area contributed by atoms with Crippen LogP contribution >= 0.6 is 11.5 Å². The van der Waals surface area contributed by atoms with Crippen LogP contribution in [-0.2, 0) is 0 Å². The lowest BCUT2D eigenvalue weighted by molar-refractivity contribution is 0.0998. The first-order valence-corrected chi connectivity index (χ1v) is 7.92. The van der Waals surface area contributed by atoms with Gasteiger partial charge in [0, 0.05) is 16.8 Å². The molecule has 7 heteroatoms. The van der Waals surface area contributed by atoms with E-state index < -0.39 is 5.91 Å². The maximum Gasteiger partial charge on any atom is 0.269 e. The van der Waals surface area contributed by atoms with E-state index in [9.17, 15) is 9.59 Å². The van der Waals surface area contributed by atoms with Gasteiger partial charge < -0.3 is 11.1 Å². The van der Waals surface area contributed by atoms with E-state index in [1.165, 1.54) is 0 Å². The molecular formula is C17H14N4O2S. The Bertz CT molecular complexity index is 886. The number of hydrogen-bond donors (Lipinski definition) is 2. The second kappa shape index (κ2) is 6.59. The summed E-state index contributed by atoms with van der Waals surface area (Å²) in [6.07, 6.45) is 0. The minimum absolute atomic E-state index is 0.299. The maximum absolute atomic E-state index is 12.5. The molecule has 0 saturated carbocycles. The zero-order chi connectivity index (χ0) is 17.1. The predicted octanol–water partition coefficient (Wildman–Crippen LogP) is 2.86. The fourth-order valence-corrected chi connectivity index (χ4v) is 2.73. The first kappa shape index (κ1) is 15.8. The van der Waals surface area contributed by atoms with Gasteiger partial charge in [-0.3, -0.25) is 9.59 Å². The number of benzene rings is 2. The first-order chi connectivity index (χ1) is 11.5. The SMILES string of the molecule is Cc1ccc(-c2nnsc2C(=O)Nc2ccc(C(N)=O)cc2)cc1. The van der Waals surface area contributed by atoms with Crippen molar-refractivity contribution >= 4 is 29.0 Å². The lowest BCUT2D eigenvalue weighted by atomic mass is 10.1. The molecule has 0 aliphatic heterocycles. The van der Waals surface area contributed by atoms with Crippen LogP contribution in [0.1, 0.15) is 25.6 Å². The Hall–Kier alpha value is -3.06. The van der Waals surface area contributed by atoms with Crippen LogP contribution < -0.4 is 11.1 Å². The van der Waals surface area contributed by atoms with E-state index in [2.05, 4.69) is 14.9 Å². The molecule has 0 aliphatic rings. The van der Waals surface area contributed by atoms with Crippen molar-refractivity contribution in [2.24, 2.45) is 5.73 Å². The van der Waals surface area contributed by atoms with Crippen LogP contribution in [0.5, 0.6) is 0 Å². The molecule has 0 bridgehead atoms. The normalized spacial score (nSPS) is 10.4. The number of anilines is 1. The van der Waals surface area contributed by atoms with Gasteiger partial charge in [-0.25, -0.2) is 0 Å². The number of amides is 2. The maximum atomic E-state index is 12.5. The fraction of sp³-hybridized carbons (Fsp3) is 0.0588. The summed E-state index contributed by atoms with van der Waals surface area (Å²) >= 11 is 1.04. The number of primary amides is 1. The average Bonchev–Trinajstić information content (AvgIpc) is 3.06. The fourth-order valence-electron chi connectivity index (χ4n) is 2.15. The molecule has 3 rings (SSSR count). The van der Waals surface area contributed by atoms with E-state index in [4.69, 9.17) is 5.73 Å². The number of hydrogen-bond acceptors (Lipinski definition) is 5. The van der Waals surface area contributed by atoms with Crippen molar-refractivity contribution in [2.45, 2.75) is 6.92 Å². The highest BCUT2D eigenvalue weighted by Crippen LogP contribution is 2.25. The van der Waals surface area contributed by atoms with E-state index in [1.54, 1.807) is 24.3 Å². The molecule has 24 heavy (non-hydrogen) atoms. The molecule has 0 radical (unpaired) electrons. The summed E-state index contributed by atoms with van der Waals surface area (Å²) in [5.74, 6) is -0.811. The smallest absolute Gasteiger partial charge is 0.269 e. The topological polar surface area (TPSA) is 98.0 Å². The lowest BCUT2D eigenvalue weighted by Gasteiger charge is -2.05. The summed E-state index contributed by atoms with van der Waals surface area (Å²) in [7, 11) is 0. The Morgan fingerprint density at radius 1 is 1.04 bits per heavy atom. The van der Waals surface area contributed by atoms with Crippen LogP contribution in [0.15, 0.2) is 48.5 Å². The van der Waals surface area contributed by atoms with Crippen LogP contribution in [0.3, 0.4) is 0 Å². The Morgan fingerprint density at radius 3 is 2.33 bits per heavy atom. The summed E-state index contributed by atoms with van der Waals surface area (Å²) < 4.78 is 3.89. The highest BCUT2D eigenvalue weighted by Gasteiger charge is 2.18. The highest BCUT2D eigenvalue weighted by atomic mass is 32.1. The average molecular weight is 338 g/mol. The van der Waals surface area contributed by atoms with Gasteiger partial charge in [0.2, 0.25) is 5.91 Å². The quantitative estimate of drug-likeness (QED) is 0.764. The van der Waals surface area contributed by atoms with Gasteiger partial charge in [-0.1, -0.05) is 34.3 Å². The largest absolute Gasteiger partial charge is 0.366 e. The standard InChI is InChI=1S/C17H14N4O2S/c1-10-2-4-11(5-3-10)14-15(24-21-20-14)17(23)19-13-8-6-12(7-9-13)16(18)22/h2-9H,1H3,(H2,18,22)(H,19,23). The molecule has 0 atom stereocenters. The lowest BCUT2D eigenvalue weighted by Crippen LogP contribution is -2.13. The molecule has 120 valence electrons. The number of aryl methyl sites for hydroxylation is 1. The second-order valence-corrected chi connectivity index (χ2v) is 5.97. The minimum atomic E-state index is -0.513. The Balaban J connectivity index is 1.82. The zero-order valence-electron chi connectivity index (χ0n) is 12.8. The van der Waals surface area contributed by atoms with E-state index in [1.807, 2.05) is 31.2 Å². The first-order valence-electron chi connectivity index (χ1n) is 7.15.